The van der Waals surface area contributed by atoms with Crippen LogP contribution in [-0.2, 0) is 13.0 Å². The molecule has 0 aliphatic heterocycles. The molecule has 0 heterocycles. The van der Waals surface area contributed by atoms with Gasteiger partial charge in [0.2, 0.25) is 0 Å². The fourth-order valence-corrected chi connectivity index (χ4v) is 2.73. The van der Waals surface area contributed by atoms with Crippen LogP contribution in [0.5, 0.6) is 0 Å². The molecule has 122 valence electrons. The first-order chi connectivity index (χ1) is 11.0. The third kappa shape index (κ3) is 6.02. The molecule has 0 aliphatic rings. The van der Waals surface area contributed by atoms with Crippen LogP contribution in [0.25, 0.3) is 0 Å². The van der Waals surface area contributed by atoms with E-state index in [1.807, 2.05) is 24.3 Å². The molecule has 2 nitrogen and oxygen atoms in total. The Morgan fingerprint density at radius 2 is 1.35 bits per heavy atom. The molecule has 0 aromatic heterocycles. The van der Waals surface area contributed by atoms with Crippen molar-refractivity contribution < 1.29 is 0 Å². The van der Waals surface area contributed by atoms with Crippen molar-refractivity contribution in [2.75, 3.05) is 6.54 Å². The first-order valence-electron chi connectivity index (χ1n) is 6.85. The zero-order chi connectivity index (χ0) is 16.8. The molecule has 2 aromatic carbocycles. The van der Waals surface area contributed by atoms with Gasteiger partial charge in [0.15, 0.2) is 5.11 Å². The van der Waals surface area contributed by atoms with Crippen molar-refractivity contribution in [3.63, 3.8) is 0 Å². The summed E-state index contributed by atoms with van der Waals surface area (Å²) in [6, 6.07) is 11.1. The highest BCUT2D eigenvalue weighted by atomic mass is 35.5. The highest BCUT2D eigenvalue weighted by molar-refractivity contribution is 7.80. The van der Waals surface area contributed by atoms with Gasteiger partial charge in [0, 0.05) is 13.1 Å². The third-order valence-electron chi connectivity index (χ3n) is 3.12. The van der Waals surface area contributed by atoms with Crippen LogP contribution >= 0.6 is 58.6 Å². The molecule has 23 heavy (non-hydrogen) atoms. The Hall–Kier alpha value is -0.710. The van der Waals surface area contributed by atoms with Gasteiger partial charge in [-0.2, -0.15) is 0 Å². The molecule has 0 radical (unpaired) electrons. The number of benzene rings is 2. The van der Waals surface area contributed by atoms with Gasteiger partial charge in [-0.3, -0.25) is 0 Å². The highest BCUT2D eigenvalue weighted by Gasteiger charge is 2.02. The van der Waals surface area contributed by atoms with Gasteiger partial charge in [0.1, 0.15) is 0 Å². The third-order valence-corrected chi connectivity index (χ3v) is 4.89. The second-order valence-corrected chi connectivity index (χ2v) is 6.89. The molecule has 0 bridgehead atoms. The van der Waals surface area contributed by atoms with Crippen LogP contribution in [0.2, 0.25) is 20.1 Å². The Bertz CT molecular complexity index is 706. The van der Waals surface area contributed by atoms with Gasteiger partial charge in [-0.15, -0.1) is 0 Å². The van der Waals surface area contributed by atoms with Crippen molar-refractivity contribution >= 4 is 63.7 Å². The van der Waals surface area contributed by atoms with E-state index in [4.69, 9.17) is 58.6 Å². The molecule has 0 saturated heterocycles. The van der Waals surface area contributed by atoms with Crippen LogP contribution in [0.1, 0.15) is 11.1 Å². The maximum absolute atomic E-state index is 5.99. The molecule has 0 atom stereocenters. The van der Waals surface area contributed by atoms with Crippen LogP contribution < -0.4 is 10.6 Å². The maximum Gasteiger partial charge on any atom is 0.166 e. The summed E-state index contributed by atoms with van der Waals surface area (Å²) in [6.45, 7) is 1.28. The van der Waals surface area contributed by atoms with E-state index in [1.165, 1.54) is 0 Å². The van der Waals surface area contributed by atoms with Gasteiger partial charge >= 0.3 is 0 Å². The number of hydrogen-bond acceptors (Lipinski definition) is 1. The monoisotopic (exact) mass is 406 g/mol. The zero-order valence-corrected chi connectivity index (χ0v) is 15.8. The lowest BCUT2D eigenvalue weighted by atomic mass is 10.1. The molecule has 0 aliphatic carbocycles. The maximum atomic E-state index is 5.99. The number of hydrogen-bond donors (Lipinski definition) is 2. The van der Waals surface area contributed by atoms with Crippen molar-refractivity contribution in [2.45, 2.75) is 13.0 Å². The molecular weight excluding hydrogens is 394 g/mol. The molecule has 2 rings (SSSR count). The van der Waals surface area contributed by atoms with Crippen molar-refractivity contribution in [2.24, 2.45) is 0 Å². The summed E-state index contributed by atoms with van der Waals surface area (Å²) in [6.07, 6.45) is 0.797. The van der Waals surface area contributed by atoms with Gasteiger partial charge < -0.3 is 10.6 Å². The summed E-state index contributed by atoms with van der Waals surface area (Å²) in [5.41, 5.74) is 2.10. The number of nitrogens with one attached hydrogen (secondary N) is 2. The van der Waals surface area contributed by atoms with E-state index in [-0.39, 0.29) is 0 Å². The van der Waals surface area contributed by atoms with E-state index in [2.05, 4.69) is 10.6 Å². The fraction of sp³-hybridized carbons (Fsp3) is 0.188. The largest absolute Gasteiger partial charge is 0.362 e. The SMILES string of the molecule is S=C(NCCc1ccc(Cl)c(Cl)c1)NCc1ccc(Cl)c(Cl)c1. The molecule has 0 unspecified atom stereocenters. The normalized spacial score (nSPS) is 10.4. The minimum atomic E-state index is 0.532. The smallest absolute Gasteiger partial charge is 0.166 e. The summed E-state index contributed by atoms with van der Waals surface area (Å²) in [5.74, 6) is 0. The average Bonchev–Trinajstić information content (AvgIpc) is 2.52. The summed E-state index contributed by atoms with van der Waals surface area (Å²) < 4.78 is 0. The minimum Gasteiger partial charge on any atom is -0.362 e. The van der Waals surface area contributed by atoms with Crippen molar-refractivity contribution in [1.29, 1.82) is 0 Å². The van der Waals surface area contributed by atoms with Crippen LogP contribution in [-0.4, -0.2) is 11.7 Å². The van der Waals surface area contributed by atoms with E-state index >= 15 is 0 Å². The highest BCUT2D eigenvalue weighted by Crippen LogP contribution is 2.23. The zero-order valence-electron chi connectivity index (χ0n) is 12.0. The van der Waals surface area contributed by atoms with Crippen LogP contribution in [0.15, 0.2) is 36.4 Å². The second kappa shape index (κ2) is 8.95. The Morgan fingerprint density at radius 3 is 1.96 bits per heavy atom. The van der Waals surface area contributed by atoms with E-state index in [9.17, 15) is 0 Å². The molecule has 2 N–H and O–H groups in total. The molecular formula is C16H14Cl4N2S. The number of thiocarbonyl (C=S) groups is 1. The van der Waals surface area contributed by atoms with Crippen LogP contribution in [0, 0.1) is 0 Å². The predicted molar refractivity (Wildman–Crippen MR) is 104 cm³/mol. The van der Waals surface area contributed by atoms with E-state index in [1.54, 1.807) is 12.1 Å². The Morgan fingerprint density at radius 1 is 0.783 bits per heavy atom. The average molecular weight is 408 g/mol. The molecule has 0 saturated carbocycles. The minimum absolute atomic E-state index is 0.532. The van der Waals surface area contributed by atoms with Crippen LogP contribution in [0.4, 0.5) is 0 Å². The summed E-state index contributed by atoms with van der Waals surface area (Å²) in [5, 5.41) is 9.04. The number of halogens is 4. The molecule has 0 fully saturated rings. The molecule has 2 aromatic rings. The second-order valence-electron chi connectivity index (χ2n) is 4.86. The fourth-order valence-electron chi connectivity index (χ4n) is 1.91. The standard InChI is InChI=1S/C16H14Cl4N2S/c17-12-3-1-10(7-14(12)19)5-6-21-16(23)22-9-11-2-4-13(18)15(20)8-11/h1-4,7-8H,5-6,9H2,(H2,21,22,23). The lowest BCUT2D eigenvalue weighted by molar-refractivity contribution is 0.815. The summed E-state index contributed by atoms with van der Waals surface area (Å²) in [4.78, 5) is 0. The van der Waals surface area contributed by atoms with Gasteiger partial charge in [-0.1, -0.05) is 58.5 Å². The van der Waals surface area contributed by atoms with E-state index in [0.29, 0.717) is 38.3 Å². The van der Waals surface area contributed by atoms with E-state index < -0.39 is 0 Å². The first kappa shape index (κ1) is 18.6. The number of rotatable bonds is 5. The van der Waals surface area contributed by atoms with Gasteiger partial charge in [0.05, 0.1) is 20.1 Å². The quantitative estimate of drug-likeness (QED) is 0.639. The van der Waals surface area contributed by atoms with Crippen molar-refractivity contribution in [1.82, 2.24) is 10.6 Å². The Balaban J connectivity index is 1.74. The summed E-state index contributed by atoms with van der Waals surface area (Å²) in [7, 11) is 0. The summed E-state index contributed by atoms with van der Waals surface area (Å²) >= 11 is 29.0. The molecule has 0 spiro atoms. The first-order valence-corrected chi connectivity index (χ1v) is 8.77. The van der Waals surface area contributed by atoms with Crippen molar-refractivity contribution in [3.05, 3.63) is 67.6 Å². The lowest BCUT2D eigenvalue weighted by Gasteiger charge is -2.11. The van der Waals surface area contributed by atoms with Crippen LogP contribution in [0.3, 0.4) is 0 Å². The van der Waals surface area contributed by atoms with Gasteiger partial charge in [0.25, 0.3) is 0 Å². The van der Waals surface area contributed by atoms with Crippen molar-refractivity contribution in [3.8, 4) is 0 Å². The van der Waals surface area contributed by atoms with E-state index in [0.717, 1.165) is 17.5 Å². The molecule has 7 heteroatoms. The Kier molecular flexibility index (Phi) is 7.25. The topological polar surface area (TPSA) is 24.1 Å². The molecule has 0 amide bonds. The predicted octanol–water partition coefficient (Wildman–Crippen LogP) is 5.51. The Labute approximate surface area is 161 Å². The van der Waals surface area contributed by atoms with Gasteiger partial charge in [-0.05, 0) is 54.0 Å². The van der Waals surface area contributed by atoms with Gasteiger partial charge in [-0.25, -0.2) is 0 Å². The lowest BCUT2D eigenvalue weighted by Crippen LogP contribution is -2.35.